The number of para-hydroxylation sites is 1. The van der Waals surface area contributed by atoms with Crippen molar-refractivity contribution in [3.8, 4) is 0 Å². The molecule has 6 nitrogen and oxygen atoms in total. The molecule has 2 heterocycles. The molecule has 0 bridgehead atoms. The number of nitrogens with two attached hydrogens (primary N) is 1. The van der Waals surface area contributed by atoms with Gasteiger partial charge in [0.2, 0.25) is 5.91 Å². The van der Waals surface area contributed by atoms with Gasteiger partial charge in [-0.2, -0.15) is 0 Å². The van der Waals surface area contributed by atoms with Gasteiger partial charge in [0.05, 0.1) is 11.7 Å². The van der Waals surface area contributed by atoms with Gasteiger partial charge in [-0.05, 0) is 42.7 Å². The van der Waals surface area contributed by atoms with Crippen molar-refractivity contribution in [1.82, 2.24) is 15.5 Å². The predicted molar refractivity (Wildman–Crippen MR) is 91.3 cm³/mol. The molecule has 0 spiro atoms. The molecule has 1 unspecified atom stereocenters. The second-order valence-corrected chi connectivity index (χ2v) is 5.67. The first-order valence-corrected chi connectivity index (χ1v) is 7.99. The third-order valence-electron chi connectivity index (χ3n) is 3.94. The Kier molecular flexibility index (Phi) is 5.18. The molecule has 0 saturated carbocycles. The maximum atomic E-state index is 12.1. The zero-order chi connectivity index (χ0) is 16.8. The number of nitrogens with one attached hydrogen (secondary N) is 1. The first kappa shape index (κ1) is 16.1. The maximum absolute atomic E-state index is 12.1. The molecule has 0 aliphatic rings. The van der Waals surface area contributed by atoms with E-state index in [4.69, 9.17) is 10.3 Å². The van der Waals surface area contributed by atoms with Crippen LogP contribution in [-0.2, 0) is 17.6 Å². The number of pyridine rings is 1. The summed E-state index contributed by atoms with van der Waals surface area (Å²) in [6.45, 7) is 0.484. The Hall–Kier alpha value is -2.73. The summed E-state index contributed by atoms with van der Waals surface area (Å²) in [6, 6.07) is 11.0. The van der Waals surface area contributed by atoms with Gasteiger partial charge >= 0.3 is 0 Å². The third-order valence-corrected chi connectivity index (χ3v) is 3.94. The molecule has 0 fully saturated rings. The highest BCUT2D eigenvalue weighted by Crippen LogP contribution is 2.17. The fourth-order valence-electron chi connectivity index (χ4n) is 2.56. The molecule has 1 amide bonds. The summed E-state index contributed by atoms with van der Waals surface area (Å²) in [5, 5.41) is 7.89. The van der Waals surface area contributed by atoms with Crippen LogP contribution in [0.25, 0.3) is 11.0 Å². The average molecular weight is 324 g/mol. The minimum Gasteiger partial charge on any atom is -0.356 e. The first-order valence-electron chi connectivity index (χ1n) is 7.99. The van der Waals surface area contributed by atoms with Crippen LogP contribution < -0.4 is 11.1 Å². The quantitative estimate of drug-likeness (QED) is 0.691. The van der Waals surface area contributed by atoms with Gasteiger partial charge in [-0.1, -0.05) is 17.3 Å². The molecule has 24 heavy (non-hydrogen) atoms. The number of carbonyl (C=O) groups excluding carboxylic acids is 1. The molecule has 2 aromatic heterocycles. The third kappa shape index (κ3) is 3.97. The summed E-state index contributed by atoms with van der Waals surface area (Å²) in [6.07, 6.45) is 5.44. The van der Waals surface area contributed by atoms with Crippen molar-refractivity contribution in [3.05, 3.63) is 60.0 Å². The van der Waals surface area contributed by atoms with Crippen LogP contribution in [0.5, 0.6) is 0 Å². The van der Waals surface area contributed by atoms with Crippen molar-refractivity contribution in [2.45, 2.75) is 25.3 Å². The smallest absolute Gasteiger partial charge is 0.236 e. The lowest BCUT2D eigenvalue weighted by atomic mass is 10.1. The summed E-state index contributed by atoms with van der Waals surface area (Å²) in [4.78, 5) is 16.0. The van der Waals surface area contributed by atoms with Crippen molar-refractivity contribution >= 4 is 16.9 Å². The van der Waals surface area contributed by atoms with Crippen LogP contribution in [0.1, 0.15) is 17.7 Å². The Bertz CT molecular complexity index is 801. The summed E-state index contributed by atoms with van der Waals surface area (Å²) < 4.78 is 5.25. The van der Waals surface area contributed by atoms with Crippen LogP contribution >= 0.6 is 0 Å². The van der Waals surface area contributed by atoms with Gasteiger partial charge in [-0.3, -0.25) is 9.78 Å². The number of benzene rings is 1. The van der Waals surface area contributed by atoms with Gasteiger partial charge in [-0.15, -0.1) is 0 Å². The Morgan fingerprint density at radius 1 is 1.17 bits per heavy atom. The van der Waals surface area contributed by atoms with Gasteiger partial charge in [0.1, 0.15) is 0 Å². The summed E-state index contributed by atoms with van der Waals surface area (Å²) in [5.74, 6) is -0.142. The van der Waals surface area contributed by atoms with Crippen LogP contribution in [0.2, 0.25) is 0 Å². The van der Waals surface area contributed by atoms with Crippen LogP contribution in [0.4, 0.5) is 0 Å². The van der Waals surface area contributed by atoms with Gasteiger partial charge in [-0.25, -0.2) is 0 Å². The predicted octanol–water partition coefficient (Wildman–Crippen LogP) is 1.84. The van der Waals surface area contributed by atoms with E-state index in [1.165, 1.54) is 0 Å². The lowest BCUT2D eigenvalue weighted by molar-refractivity contribution is -0.122. The fraction of sp³-hybridized carbons (Fsp3) is 0.278. The highest BCUT2D eigenvalue weighted by molar-refractivity contribution is 5.82. The van der Waals surface area contributed by atoms with E-state index in [1.54, 1.807) is 12.4 Å². The largest absolute Gasteiger partial charge is 0.356 e. The highest BCUT2D eigenvalue weighted by Gasteiger charge is 2.14. The van der Waals surface area contributed by atoms with E-state index in [9.17, 15) is 4.79 Å². The number of rotatable bonds is 7. The van der Waals surface area contributed by atoms with E-state index < -0.39 is 6.04 Å². The van der Waals surface area contributed by atoms with E-state index >= 15 is 0 Å². The molecular formula is C18H20N4O2. The van der Waals surface area contributed by atoms with E-state index in [0.29, 0.717) is 19.4 Å². The molecule has 6 heteroatoms. The van der Waals surface area contributed by atoms with Crippen molar-refractivity contribution in [3.63, 3.8) is 0 Å². The topological polar surface area (TPSA) is 94.0 Å². The van der Waals surface area contributed by atoms with Crippen LogP contribution in [-0.4, -0.2) is 28.6 Å². The van der Waals surface area contributed by atoms with Crippen LogP contribution in [0, 0.1) is 0 Å². The van der Waals surface area contributed by atoms with E-state index in [-0.39, 0.29) is 5.91 Å². The number of nitrogens with zero attached hydrogens (tertiary/aromatic N) is 2. The molecule has 0 aliphatic heterocycles. The normalized spacial score (nSPS) is 12.2. The monoisotopic (exact) mass is 324 g/mol. The molecular weight excluding hydrogens is 304 g/mol. The van der Waals surface area contributed by atoms with E-state index in [1.807, 2.05) is 36.4 Å². The van der Waals surface area contributed by atoms with Crippen LogP contribution in [0.15, 0.2) is 53.3 Å². The van der Waals surface area contributed by atoms with E-state index in [0.717, 1.165) is 28.6 Å². The van der Waals surface area contributed by atoms with Gasteiger partial charge in [0, 0.05) is 30.7 Å². The van der Waals surface area contributed by atoms with Gasteiger partial charge in [0.15, 0.2) is 5.58 Å². The fourth-order valence-corrected chi connectivity index (χ4v) is 2.56. The van der Waals surface area contributed by atoms with Gasteiger partial charge < -0.3 is 15.6 Å². The van der Waals surface area contributed by atoms with Gasteiger partial charge in [0.25, 0.3) is 0 Å². The summed E-state index contributed by atoms with van der Waals surface area (Å²) in [5.41, 5.74) is 8.68. The molecule has 0 aliphatic carbocycles. The SMILES string of the molecule is NC(CCc1ccncc1)C(=O)NCCc1noc2ccccc12. The number of amides is 1. The number of fused-ring (bicyclic) bond motifs is 1. The van der Waals surface area contributed by atoms with Crippen molar-refractivity contribution in [2.24, 2.45) is 5.73 Å². The van der Waals surface area contributed by atoms with Crippen molar-refractivity contribution in [2.75, 3.05) is 6.54 Å². The average Bonchev–Trinajstić information content (AvgIpc) is 3.04. The number of hydrogen-bond donors (Lipinski definition) is 2. The summed E-state index contributed by atoms with van der Waals surface area (Å²) in [7, 11) is 0. The highest BCUT2D eigenvalue weighted by atomic mass is 16.5. The second kappa shape index (κ2) is 7.70. The zero-order valence-corrected chi connectivity index (χ0v) is 13.3. The molecule has 3 N–H and O–H groups in total. The molecule has 1 atom stereocenters. The molecule has 0 saturated heterocycles. The Morgan fingerprint density at radius 2 is 1.96 bits per heavy atom. The lowest BCUT2D eigenvalue weighted by Crippen LogP contribution is -2.41. The van der Waals surface area contributed by atoms with Crippen molar-refractivity contribution < 1.29 is 9.32 Å². The van der Waals surface area contributed by atoms with Crippen molar-refractivity contribution in [1.29, 1.82) is 0 Å². The number of aryl methyl sites for hydroxylation is 1. The minimum atomic E-state index is -0.521. The summed E-state index contributed by atoms with van der Waals surface area (Å²) >= 11 is 0. The molecule has 0 radical (unpaired) electrons. The maximum Gasteiger partial charge on any atom is 0.236 e. The Labute approximate surface area is 140 Å². The first-order chi connectivity index (χ1) is 11.7. The zero-order valence-electron chi connectivity index (χ0n) is 13.3. The molecule has 3 rings (SSSR count). The molecule has 1 aromatic carbocycles. The van der Waals surface area contributed by atoms with E-state index in [2.05, 4.69) is 15.5 Å². The van der Waals surface area contributed by atoms with Crippen LogP contribution in [0.3, 0.4) is 0 Å². The number of carbonyl (C=O) groups is 1. The molecule has 3 aromatic rings. The molecule has 124 valence electrons. The number of hydrogen-bond acceptors (Lipinski definition) is 5. The Morgan fingerprint density at radius 3 is 2.79 bits per heavy atom. The minimum absolute atomic E-state index is 0.142. The Balaban J connectivity index is 1.45. The number of aromatic nitrogens is 2. The second-order valence-electron chi connectivity index (χ2n) is 5.67. The standard InChI is InChI=1S/C18H20N4O2/c19-15(6-5-13-7-10-20-11-8-13)18(23)21-12-9-16-14-3-1-2-4-17(14)24-22-16/h1-4,7-8,10-11,15H,5-6,9,12,19H2,(H,21,23). The lowest BCUT2D eigenvalue weighted by Gasteiger charge is -2.11.